The lowest BCUT2D eigenvalue weighted by molar-refractivity contribution is 0.371. The van der Waals surface area contributed by atoms with Crippen LogP contribution < -0.4 is 10.2 Å². The van der Waals surface area contributed by atoms with Crippen LogP contribution in [0.4, 0.5) is 5.82 Å². The van der Waals surface area contributed by atoms with Crippen molar-refractivity contribution >= 4 is 5.82 Å². The van der Waals surface area contributed by atoms with E-state index in [1.165, 1.54) is 0 Å². The maximum absolute atomic E-state index is 5.69. The van der Waals surface area contributed by atoms with Crippen LogP contribution >= 0.6 is 0 Å². The van der Waals surface area contributed by atoms with Crippen molar-refractivity contribution in [2.45, 2.75) is 25.3 Å². The smallest absolute Gasteiger partial charge is 0.230 e. The summed E-state index contributed by atoms with van der Waals surface area (Å²) in [6.07, 6.45) is 3.89. The highest BCUT2D eigenvalue weighted by Crippen LogP contribution is 2.28. The minimum Gasteiger partial charge on any atom is -0.424 e. The van der Waals surface area contributed by atoms with E-state index in [2.05, 4.69) is 31.5 Å². The summed E-state index contributed by atoms with van der Waals surface area (Å²) in [6, 6.07) is 6.02. The van der Waals surface area contributed by atoms with Gasteiger partial charge in [-0.25, -0.2) is 4.98 Å². The standard InChI is InChI=1S/C14H19N5O/c1-15-10-13-17-18-14(20-13)11-5-8-19(9-6-11)12-4-2-3-7-16-12/h2-4,7,11,15H,5-6,8-10H2,1H3. The Labute approximate surface area is 118 Å². The number of hydrogen-bond acceptors (Lipinski definition) is 6. The first-order chi connectivity index (χ1) is 9.86. The van der Waals surface area contributed by atoms with E-state index < -0.39 is 0 Å². The molecule has 0 aromatic carbocycles. The molecule has 1 fully saturated rings. The predicted octanol–water partition coefficient (Wildman–Crippen LogP) is 1.57. The van der Waals surface area contributed by atoms with Crippen molar-refractivity contribution in [3.05, 3.63) is 36.2 Å². The molecule has 1 aliphatic rings. The van der Waals surface area contributed by atoms with Gasteiger partial charge < -0.3 is 14.6 Å². The SMILES string of the molecule is CNCc1nnc(C2CCN(c3ccccn3)CC2)o1. The van der Waals surface area contributed by atoms with Gasteiger partial charge in [0.05, 0.1) is 6.54 Å². The molecule has 0 atom stereocenters. The lowest BCUT2D eigenvalue weighted by atomic mass is 9.97. The van der Waals surface area contributed by atoms with Crippen molar-refractivity contribution in [3.8, 4) is 0 Å². The molecular formula is C14H19N5O. The third kappa shape index (κ3) is 2.80. The van der Waals surface area contributed by atoms with Gasteiger partial charge in [-0.1, -0.05) is 6.07 Å². The van der Waals surface area contributed by atoms with Crippen LogP contribution in [0.1, 0.15) is 30.5 Å². The Kier molecular flexibility index (Phi) is 3.92. The first-order valence-corrected chi connectivity index (χ1v) is 6.99. The number of anilines is 1. The summed E-state index contributed by atoms with van der Waals surface area (Å²) in [6.45, 7) is 2.58. The second-order valence-electron chi connectivity index (χ2n) is 5.01. The molecule has 0 spiro atoms. The Morgan fingerprint density at radius 3 is 2.85 bits per heavy atom. The highest BCUT2D eigenvalue weighted by atomic mass is 16.4. The molecule has 6 heteroatoms. The van der Waals surface area contributed by atoms with E-state index in [4.69, 9.17) is 4.42 Å². The van der Waals surface area contributed by atoms with Crippen LogP contribution in [-0.4, -0.2) is 35.3 Å². The van der Waals surface area contributed by atoms with Crippen LogP contribution in [0, 0.1) is 0 Å². The average Bonchev–Trinajstić information content (AvgIpc) is 2.97. The molecule has 0 unspecified atom stereocenters. The number of nitrogens with one attached hydrogen (secondary N) is 1. The third-order valence-electron chi connectivity index (χ3n) is 3.63. The fourth-order valence-electron chi connectivity index (χ4n) is 2.55. The molecule has 3 rings (SSSR count). The fourth-order valence-corrected chi connectivity index (χ4v) is 2.55. The quantitative estimate of drug-likeness (QED) is 0.912. The molecule has 0 radical (unpaired) electrons. The van der Waals surface area contributed by atoms with Crippen LogP contribution in [0.25, 0.3) is 0 Å². The van der Waals surface area contributed by atoms with Gasteiger partial charge in [0.2, 0.25) is 11.8 Å². The van der Waals surface area contributed by atoms with Crippen molar-refractivity contribution < 1.29 is 4.42 Å². The monoisotopic (exact) mass is 273 g/mol. The maximum Gasteiger partial charge on any atom is 0.230 e. The largest absolute Gasteiger partial charge is 0.424 e. The summed E-state index contributed by atoms with van der Waals surface area (Å²) in [5, 5.41) is 11.2. The molecule has 2 aromatic heterocycles. The lowest BCUT2D eigenvalue weighted by Gasteiger charge is -2.31. The summed E-state index contributed by atoms with van der Waals surface area (Å²) in [4.78, 5) is 6.70. The lowest BCUT2D eigenvalue weighted by Crippen LogP contribution is -2.33. The van der Waals surface area contributed by atoms with Gasteiger partial charge in [0.25, 0.3) is 0 Å². The predicted molar refractivity (Wildman–Crippen MR) is 75.5 cm³/mol. The second-order valence-corrected chi connectivity index (χ2v) is 5.01. The number of nitrogens with zero attached hydrogens (tertiary/aromatic N) is 4. The van der Waals surface area contributed by atoms with Gasteiger partial charge in [0.1, 0.15) is 5.82 Å². The van der Waals surface area contributed by atoms with E-state index in [0.717, 1.165) is 37.6 Å². The highest BCUT2D eigenvalue weighted by molar-refractivity contribution is 5.38. The molecule has 3 heterocycles. The zero-order chi connectivity index (χ0) is 13.8. The maximum atomic E-state index is 5.69. The first kappa shape index (κ1) is 13.1. The molecule has 0 amide bonds. The Bertz CT molecular complexity index is 534. The number of aromatic nitrogens is 3. The van der Waals surface area contributed by atoms with E-state index in [1.807, 2.05) is 25.4 Å². The van der Waals surface area contributed by atoms with Gasteiger partial charge in [-0.2, -0.15) is 0 Å². The van der Waals surface area contributed by atoms with Crippen LogP contribution in [0.2, 0.25) is 0 Å². The normalized spacial score (nSPS) is 16.6. The summed E-state index contributed by atoms with van der Waals surface area (Å²) in [5.41, 5.74) is 0. The molecule has 1 saturated heterocycles. The molecule has 1 N–H and O–H groups in total. The average molecular weight is 273 g/mol. The van der Waals surface area contributed by atoms with Crippen molar-refractivity contribution in [2.75, 3.05) is 25.0 Å². The molecular weight excluding hydrogens is 254 g/mol. The molecule has 106 valence electrons. The topological polar surface area (TPSA) is 67.1 Å². The van der Waals surface area contributed by atoms with E-state index in [0.29, 0.717) is 18.4 Å². The summed E-state index contributed by atoms with van der Waals surface area (Å²) in [5.74, 6) is 2.85. The molecule has 0 aliphatic carbocycles. The zero-order valence-electron chi connectivity index (χ0n) is 11.6. The van der Waals surface area contributed by atoms with Crippen molar-refractivity contribution in [2.24, 2.45) is 0 Å². The van der Waals surface area contributed by atoms with Crippen molar-refractivity contribution in [1.29, 1.82) is 0 Å². The third-order valence-corrected chi connectivity index (χ3v) is 3.63. The van der Waals surface area contributed by atoms with E-state index in [1.54, 1.807) is 0 Å². The Balaban J connectivity index is 1.60. The number of rotatable bonds is 4. The molecule has 20 heavy (non-hydrogen) atoms. The number of pyridine rings is 1. The minimum absolute atomic E-state index is 0.369. The fraction of sp³-hybridized carbons (Fsp3) is 0.500. The van der Waals surface area contributed by atoms with Crippen LogP contribution in [0.5, 0.6) is 0 Å². The van der Waals surface area contributed by atoms with E-state index in [9.17, 15) is 0 Å². The Morgan fingerprint density at radius 1 is 1.30 bits per heavy atom. The van der Waals surface area contributed by atoms with Gasteiger partial charge in [0, 0.05) is 25.2 Å². The molecule has 0 bridgehead atoms. The van der Waals surface area contributed by atoms with Gasteiger partial charge in [0.15, 0.2) is 0 Å². The zero-order valence-corrected chi connectivity index (χ0v) is 11.6. The van der Waals surface area contributed by atoms with Crippen LogP contribution in [0.3, 0.4) is 0 Å². The molecule has 6 nitrogen and oxygen atoms in total. The minimum atomic E-state index is 0.369. The molecule has 1 aliphatic heterocycles. The van der Waals surface area contributed by atoms with Crippen molar-refractivity contribution in [1.82, 2.24) is 20.5 Å². The van der Waals surface area contributed by atoms with Gasteiger partial charge in [-0.15, -0.1) is 10.2 Å². The highest BCUT2D eigenvalue weighted by Gasteiger charge is 2.25. The molecule has 2 aromatic rings. The Morgan fingerprint density at radius 2 is 2.15 bits per heavy atom. The van der Waals surface area contributed by atoms with Gasteiger partial charge in [-0.05, 0) is 32.0 Å². The van der Waals surface area contributed by atoms with Crippen LogP contribution in [-0.2, 0) is 6.54 Å². The van der Waals surface area contributed by atoms with Crippen molar-refractivity contribution in [3.63, 3.8) is 0 Å². The van der Waals surface area contributed by atoms with Gasteiger partial charge in [-0.3, -0.25) is 0 Å². The van der Waals surface area contributed by atoms with E-state index in [-0.39, 0.29) is 0 Å². The number of hydrogen-bond donors (Lipinski definition) is 1. The molecule has 0 saturated carbocycles. The summed E-state index contributed by atoms with van der Waals surface area (Å²) >= 11 is 0. The summed E-state index contributed by atoms with van der Waals surface area (Å²) < 4.78 is 5.69. The Hall–Kier alpha value is -1.95. The first-order valence-electron chi connectivity index (χ1n) is 6.99. The van der Waals surface area contributed by atoms with Crippen LogP contribution in [0.15, 0.2) is 28.8 Å². The van der Waals surface area contributed by atoms with E-state index >= 15 is 0 Å². The number of piperidine rings is 1. The summed E-state index contributed by atoms with van der Waals surface area (Å²) in [7, 11) is 1.87. The van der Waals surface area contributed by atoms with Gasteiger partial charge >= 0.3 is 0 Å². The second kappa shape index (κ2) is 6.00.